The van der Waals surface area contributed by atoms with E-state index in [1.165, 1.54) is 24.3 Å². The highest BCUT2D eigenvalue weighted by Crippen LogP contribution is 2.18. The molecule has 0 radical (unpaired) electrons. The molecule has 2 N–H and O–H groups in total. The molecule has 1 saturated heterocycles. The number of sulfonamides is 1. The van der Waals surface area contributed by atoms with Crippen molar-refractivity contribution in [2.24, 2.45) is 5.92 Å². The third-order valence-electron chi connectivity index (χ3n) is 5.19. The molecule has 0 aliphatic carbocycles. The molecule has 1 aliphatic heterocycles. The third kappa shape index (κ3) is 6.39. The highest BCUT2D eigenvalue weighted by molar-refractivity contribution is 7.89. The Balaban J connectivity index is 1.71. The molecule has 0 spiro atoms. The maximum atomic E-state index is 12.9. The molecule has 2 aromatic carbocycles. The van der Waals surface area contributed by atoms with Crippen molar-refractivity contribution in [3.05, 3.63) is 65.7 Å². The number of esters is 1. The summed E-state index contributed by atoms with van der Waals surface area (Å²) < 4.78 is 32.0. The van der Waals surface area contributed by atoms with E-state index in [2.05, 4.69) is 10.6 Å². The van der Waals surface area contributed by atoms with Crippen LogP contribution in [-0.2, 0) is 30.8 Å². The summed E-state index contributed by atoms with van der Waals surface area (Å²) in [4.78, 5) is 36.7. The van der Waals surface area contributed by atoms with Gasteiger partial charge in [0, 0.05) is 25.2 Å². The lowest BCUT2D eigenvalue weighted by Crippen LogP contribution is -2.49. The van der Waals surface area contributed by atoms with Gasteiger partial charge < -0.3 is 15.4 Å². The molecule has 0 bridgehead atoms. The zero-order valence-corrected chi connectivity index (χ0v) is 19.1. The first kappa shape index (κ1) is 24.4. The van der Waals surface area contributed by atoms with E-state index in [-0.39, 0.29) is 49.2 Å². The highest BCUT2D eigenvalue weighted by Gasteiger charge is 2.29. The van der Waals surface area contributed by atoms with Crippen molar-refractivity contribution in [1.29, 1.82) is 0 Å². The average molecular weight is 474 g/mol. The van der Waals surface area contributed by atoms with Gasteiger partial charge in [-0.1, -0.05) is 36.4 Å². The maximum absolute atomic E-state index is 12.9. The van der Waals surface area contributed by atoms with Crippen LogP contribution in [0.5, 0.6) is 0 Å². The lowest BCUT2D eigenvalue weighted by atomic mass is 9.99. The van der Waals surface area contributed by atoms with Crippen molar-refractivity contribution < 1.29 is 27.5 Å². The van der Waals surface area contributed by atoms with Crippen LogP contribution in [0.4, 0.5) is 0 Å². The van der Waals surface area contributed by atoms with Gasteiger partial charge in [0.1, 0.15) is 0 Å². The van der Waals surface area contributed by atoms with Gasteiger partial charge in [-0.2, -0.15) is 4.31 Å². The van der Waals surface area contributed by atoms with E-state index in [1.807, 2.05) is 30.3 Å². The largest absolute Gasteiger partial charge is 0.466 e. The van der Waals surface area contributed by atoms with Crippen LogP contribution in [0.15, 0.2) is 59.5 Å². The van der Waals surface area contributed by atoms with Gasteiger partial charge in [0.05, 0.1) is 24.0 Å². The molecule has 0 saturated carbocycles. The SMILES string of the molecule is CCOC(=O)C(CNC(=O)c1cccc(S(=O)(=O)N2CCNC(=O)C2)c1)Cc1ccccc1. The van der Waals surface area contributed by atoms with Crippen LogP contribution < -0.4 is 10.6 Å². The molecule has 1 unspecified atom stereocenters. The maximum Gasteiger partial charge on any atom is 0.311 e. The third-order valence-corrected chi connectivity index (χ3v) is 7.03. The standard InChI is InChI=1S/C23H27N3O6S/c1-2-32-23(29)19(13-17-7-4-3-5-8-17)15-25-22(28)18-9-6-10-20(14-18)33(30,31)26-12-11-24-21(27)16-26/h3-10,14,19H,2,11-13,15-16H2,1H3,(H,24,27)(H,25,28). The molecule has 1 heterocycles. The summed E-state index contributed by atoms with van der Waals surface area (Å²) in [6, 6.07) is 15.0. The quantitative estimate of drug-likeness (QED) is 0.523. The van der Waals surface area contributed by atoms with Crippen LogP contribution in [0.3, 0.4) is 0 Å². The number of carbonyl (C=O) groups is 3. The lowest BCUT2D eigenvalue weighted by Gasteiger charge is -2.26. The van der Waals surface area contributed by atoms with Crippen molar-refractivity contribution in [3.63, 3.8) is 0 Å². The van der Waals surface area contributed by atoms with E-state index in [4.69, 9.17) is 4.74 Å². The summed E-state index contributed by atoms with van der Waals surface area (Å²) in [6.07, 6.45) is 0.394. The number of carbonyl (C=O) groups excluding carboxylic acids is 3. The fourth-order valence-corrected chi connectivity index (χ4v) is 4.93. The monoisotopic (exact) mass is 473 g/mol. The fourth-order valence-electron chi connectivity index (χ4n) is 3.48. The molecular formula is C23H27N3O6S. The Bertz CT molecular complexity index is 1100. The summed E-state index contributed by atoms with van der Waals surface area (Å²) >= 11 is 0. The van der Waals surface area contributed by atoms with Gasteiger partial charge >= 0.3 is 5.97 Å². The van der Waals surface area contributed by atoms with Crippen molar-refractivity contribution in [3.8, 4) is 0 Å². The van der Waals surface area contributed by atoms with Crippen LogP contribution in [0.1, 0.15) is 22.8 Å². The van der Waals surface area contributed by atoms with Crippen molar-refractivity contribution >= 4 is 27.8 Å². The Morgan fingerprint density at radius 3 is 2.61 bits per heavy atom. The minimum atomic E-state index is -3.93. The highest BCUT2D eigenvalue weighted by atomic mass is 32.2. The van der Waals surface area contributed by atoms with Crippen LogP contribution in [0.25, 0.3) is 0 Å². The van der Waals surface area contributed by atoms with Gasteiger partial charge in [-0.3, -0.25) is 14.4 Å². The minimum absolute atomic E-state index is 0.0375. The number of ether oxygens (including phenoxy) is 1. The first-order valence-electron chi connectivity index (χ1n) is 10.7. The molecule has 2 aromatic rings. The number of amides is 2. The molecule has 0 aromatic heterocycles. The Morgan fingerprint density at radius 1 is 1.15 bits per heavy atom. The topological polar surface area (TPSA) is 122 Å². The first-order chi connectivity index (χ1) is 15.8. The summed E-state index contributed by atoms with van der Waals surface area (Å²) in [6.45, 7) is 2.11. The molecule has 1 aliphatic rings. The molecule has 10 heteroatoms. The normalized spacial score (nSPS) is 15.4. The van der Waals surface area contributed by atoms with Crippen LogP contribution in [0, 0.1) is 5.92 Å². The number of hydrogen-bond donors (Lipinski definition) is 2. The van der Waals surface area contributed by atoms with E-state index in [0.717, 1.165) is 9.87 Å². The van der Waals surface area contributed by atoms with E-state index in [9.17, 15) is 22.8 Å². The lowest BCUT2D eigenvalue weighted by molar-refractivity contribution is -0.147. The summed E-state index contributed by atoms with van der Waals surface area (Å²) in [7, 11) is -3.93. The average Bonchev–Trinajstić information content (AvgIpc) is 2.82. The van der Waals surface area contributed by atoms with E-state index in [0.29, 0.717) is 6.42 Å². The van der Waals surface area contributed by atoms with Gasteiger partial charge in [0.25, 0.3) is 5.91 Å². The summed E-state index contributed by atoms with van der Waals surface area (Å²) in [5.41, 5.74) is 1.07. The van der Waals surface area contributed by atoms with Crippen molar-refractivity contribution in [1.82, 2.24) is 14.9 Å². The summed E-state index contributed by atoms with van der Waals surface area (Å²) in [5.74, 6) is -1.88. The zero-order valence-electron chi connectivity index (χ0n) is 18.3. The van der Waals surface area contributed by atoms with Crippen LogP contribution in [-0.4, -0.2) is 63.3 Å². The number of rotatable bonds is 9. The number of hydrogen-bond acceptors (Lipinski definition) is 6. The first-order valence-corrected chi connectivity index (χ1v) is 12.1. The van der Waals surface area contributed by atoms with E-state index in [1.54, 1.807) is 6.92 Å². The van der Waals surface area contributed by atoms with Gasteiger partial charge in [0.2, 0.25) is 15.9 Å². The molecule has 33 heavy (non-hydrogen) atoms. The van der Waals surface area contributed by atoms with Crippen molar-refractivity contribution in [2.45, 2.75) is 18.2 Å². The molecule has 1 fully saturated rings. The Morgan fingerprint density at radius 2 is 1.91 bits per heavy atom. The fraction of sp³-hybridized carbons (Fsp3) is 0.348. The Hall–Kier alpha value is -3.24. The molecule has 2 amide bonds. The van der Waals surface area contributed by atoms with Gasteiger partial charge in [-0.15, -0.1) is 0 Å². The number of nitrogens with zero attached hydrogens (tertiary/aromatic N) is 1. The van der Waals surface area contributed by atoms with Crippen LogP contribution >= 0.6 is 0 Å². The number of benzene rings is 2. The Labute approximate surface area is 193 Å². The minimum Gasteiger partial charge on any atom is -0.466 e. The smallest absolute Gasteiger partial charge is 0.311 e. The predicted octanol–water partition coefficient (Wildman–Crippen LogP) is 0.959. The predicted molar refractivity (Wildman–Crippen MR) is 121 cm³/mol. The van der Waals surface area contributed by atoms with E-state index >= 15 is 0 Å². The van der Waals surface area contributed by atoms with Crippen LogP contribution in [0.2, 0.25) is 0 Å². The second-order valence-electron chi connectivity index (χ2n) is 7.57. The zero-order chi connectivity index (χ0) is 23.8. The van der Waals surface area contributed by atoms with E-state index < -0.39 is 27.8 Å². The van der Waals surface area contributed by atoms with Gasteiger partial charge in [-0.25, -0.2) is 8.42 Å². The Kier molecular flexibility index (Phi) is 8.18. The van der Waals surface area contributed by atoms with Gasteiger partial charge in [-0.05, 0) is 37.1 Å². The molecule has 9 nitrogen and oxygen atoms in total. The second-order valence-corrected chi connectivity index (χ2v) is 9.50. The number of piperazine rings is 1. The molecular weight excluding hydrogens is 446 g/mol. The van der Waals surface area contributed by atoms with Crippen molar-refractivity contribution in [2.75, 3.05) is 32.8 Å². The number of nitrogens with one attached hydrogen (secondary N) is 2. The summed E-state index contributed by atoms with van der Waals surface area (Å²) in [5, 5.41) is 5.29. The molecule has 3 rings (SSSR count). The van der Waals surface area contributed by atoms with Gasteiger partial charge in [0.15, 0.2) is 0 Å². The second kappa shape index (κ2) is 11.1. The molecule has 1 atom stereocenters. The molecule has 176 valence electrons.